The number of aliphatic imine (C=N–C) groups is 1. The van der Waals surface area contributed by atoms with Crippen molar-refractivity contribution in [3.8, 4) is 67.7 Å². The Morgan fingerprint density at radius 2 is 1.00 bits per heavy atom. The van der Waals surface area contributed by atoms with Crippen LogP contribution in [-0.2, 0) is 0 Å². The maximum absolute atomic E-state index is 5.14. The highest BCUT2D eigenvalue weighted by Crippen LogP contribution is 2.32. The average Bonchev–Trinajstić information content (AvgIpc) is 3.19. The monoisotopic (exact) mass is 633 g/mol. The number of benzene rings is 5. The third-order valence-corrected chi connectivity index (χ3v) is 8.29. The Kier molecular flexibility index (Phi) is 9.33. The molecule has 0 saturated carbocycles. The van der Waals surface area contributed by atoms with E-state index in [4.69, 9.17) is 15.0 Å². The lowest BCUT2D eigenvalue weighted by Crippen LogP contribution is -2.03. The molecule has 7 aromatic rings. The molecule has 0 bridgehead atoms. The molecule has 0 fully saturated rings. The zero-order valence-corrected chi connectivity index (χ0v) is 27.5. The van der Waals surface area contributed by atoms with Crippen LogP contribution in [0.4, 0.5) is 0 Å². The lowest BCUT2D eigenvalue weighted by molar-refractivity contribution is 1.07. The molecule has 236 valence electrons. The first-order chi connectivity index (χ1) is 24.2. The lowest BCUT2D eigenvalue weighted by atomic mass is 9.99. The summed E-state index contributed by atoms with van der Waals surface area (Å²) in [4.78, 5) is 24.7. The van der Waals surface area contributed by atoms with Gasteiger partial charge in [0.25, 0.3) is 0 Å². The second-order valence-electron chi connectivity index (χ2n) is 11.6. The molecule has 0 atom stereocenters. The van der Waals surface area contributed by atoms with Crippen LogP contribution in [0.5, 0.6) is 0 Å². The number of nitrogens with zero attached hydrogens (tertiary/aromatic N) is 5. The van der Waals surface area contributed by atoms with Crippen LogP contribution in [0.15, 0.2) is 169 Å². The van der Waals surface area contributed by atoms with Crippen LogP contribution in [0.2, 0.25) is 0 Å². The Labute approximate surface area is 287 Å². The standard InChI is InChI=1S/C44H35N5/c1-3-4-23-40(45-2)37-28-38(41-24-11-12-25-46-41)30-39(29-37)44-48-42(35-21-13-19-33(26-35)31-15-7-5-8-16-31)47-43(49-44)36-22-14-20-34(27-36)32-17-9-6-10-18-32/h4-30H,3H2,1-2H3/b23-4-,45-40?. The minimum absolute atomic E-state index is 0.573. The summed E-state index contributed by atoms with van der Waals surface area (Å²) in [5.74, 6) is 1.77. The molecule has 0 aliphatic carbocycles. The van der Waals surface area contributed by atoms with E-state index < -0.39 is 0 Å². The van der Waals surface area contributed by atoms with E-state index in [0.717, 1.165) is 67.9 Å². The topological polar surface area (TPSA) is 63.9 Å². The molecule has 0 aliphatic heterocycles. The van der Waals surface area contributed by atoms with Crippen molar-refractivity contribution in [3.63, 3.8) is 0 Å². The largest absolute Gasteiger partial charge is 0.288 e. The Balaban J connectivity index is 1.44. The zero-order chi connectivity index (χ0) is 33.4. The first kappa shape index (κ1) is 31.3. The quantitative estimate of drug-likeness (QED) is 0.148. The van der Waals surface area contributed by atoms with Crippen LogP contribution >= 0.6 is 0 Å². The second-order valence-corrected chi connectivity index (χ2v) is 11.6. The smallest absolute Gasteiger partial charge is 0.164 e. The van der Waals surface area contributed by atoms with Crippen LogP contribution in [0, 0.1) is 0 Å². The van der Waals surface area contributed by atoms with Crippen LogP contribution < -0.4 is 0 Å². The molecule has 0 saturated heterocycles. The predicted molar refractivity (Wildman–Crippen MR) is 202 cm³/mol. The number of rotatable bonds is 9. The van der Waals surface area contributed by atoms with E-state index in [-0.39, 0.29) is 0 Å². The van der Waals surface area contributed by atoms with Gasteiger partial charge in [0.2, 0.25) is 0 Å². The van der Waals surface area contributed by atoms with Gasteiger partial charge in [0, 0.05) is 41.1 Å². The van der Waals surface area contributed by atoms with E-state index >= 15 is 0 Å². The van der Waals surface area contributed by atoms with Crippen LogP contribution in [0.1, 0.15) is 18.9 Å². The molecule has 2 aromatic heterocycles. The molecule has 5 aromatic carbocycles. The summed E-state index contributed by atoms with van der Waals surface area (Å²) < 4.78 is 0. The first-order valence-corrected chi connectivity index (χ1v) is 16.5. The summed E-state index contributed by atoms with van der Waals surface area (Å²) in [5.41, 5.74) is 10.8. The van der Waals surface area contributed by atoms with E-state index in [1.54, 1.807) is 0 Å². The summed E-state index contributed by atoms with van der Waals surface area (Å²) >= 11 is 0. The van der Waals surface area contributed by atoms with Crippen molar-refractivity contribution in [1.29, 1.82) is 0 Å². The van der Waals surface area contributed by atoms with Crippen molar-refractivity contribution in [3.05, 3.63) is 170 Å². The van der Waals surface area contributed by atoms with Crippen molar-refractivity contribution in [2.45, 2.75) is 13.3 Å². The molecule has 0 aliphatic rings. The van der Waals surface area contributed by atoms with E-state index in [2.05, 4.69) is 144 Å². The number of hydrogen-bond acceptors (Lipinski definition) is 5. The zero-order valence-electron chi connectivity index (χ0n) is 27.5. The van der Waals surface area contributed by atoms with Gasteiger partial charge in [-0.15, -0.1) is 0 Å². The van der Waals surface area contributed by atoms with Gasteiger partial charge in [0.05, 0.1) is 11.4 Å². The fourth-order valence-electron chi connectivity index (χ4n) is 5.82. The second kappa shape index (κ2) is 14.6. The maximum atomic E-state index is 5.14. The maximum Gasteiger partial charge on any atom is 0.164 e. The number of hydrogen-bond donors (Lipinski definition) is 0. The van der Waals surface area contributed by atoms with Gasteiger partial charge in [0.1, 0.15) is 0 Å². The molecule has 49 heavy (non-hydrogen) atoms. The molecular formula is C44H35N5. The highest BCUT2D eigenvalue weighted by molar-refractivity contribution is 6.10. The van der Waals surface area contributed by atoms with Gasteiger partial charge in [-0.25, -0.2) is 15.0 Å². The summed E-state index contributed by atoms with van der Waals surface area (Å²) in [6.45, 7) is 2.12. The Hall–Kier alpha value is -6.33. The molecule has 5 nitrogen and oxygen atoms in total. The van der Waals surface area contributed by atoms with Gasteiger partial charge >= 0.3 is 0 Å². The number of aromatic nitrogens is 4. The van der Waals surface area contributed by atoms with Crippen molar-refractivity contribution in [2.75, 3.05) is 7.05 Å². The molecule has 5 heteroatoms. The minimum atomic E-state index is 0.573. The van der Waals surface area contributed by atoms with Crippen molar-refractivity contribution in [2.24, 2.45) is 4.99 Å². The van der Waals surface area contributed by atoms with Gasteiger partial charge in [-0.1, -0.05) is 116 Å². The normalized spacial score (nSPS) is 11.6. The molecule has 0 unspecified atom stereocenters. The summed E-state index contributed by atoms with van der Waals surface area (Å²) in [6.07, 6.45) is 6.91. The summed E-state index contributed by atoms with van der Waals surface area (Å²) in [5, 5.41) is 0. The van der Waals surface area contributed by atoms with E-state index in [0.29, 0.717) is 17.5 Å². The molecule has 0 N–H and O–H groups in total. The molecule has 7 rings (SSSR count). The van der Waals surface area contributed by atoms with Crippen LogP contribution in [0.3, 0.4) is 0 Å². The van der Waals surface area contributed by atoms with E-state index in [1.807, 2.05) is 43.6 Å². The van der Waals surface area contributed by atoms with Gasteiger partial charge in [0.15, 0.2) is 17.5 Å². The molecule has 0 radical (unpaired) electrons. The van der Waals surface area contributed by atoms with Crippen LogP contribution in [-0.4, -0.2) is 32.7 Å². The highest BCUT2D eigenvalue weighted by Gasteiger charge is 2.16. The first-order valence-electron chi connectivity index (χ1n) is 16.5. The molecular weight excluding hydrogens is 599 g/mol. The average molecular weight is 634 g/mol. The fourth-order valence-corrected chi connectivity index (χ4v) is 5.82. The highest BCUT2D eigenvalue weighted by atomic mass is 15.0. The fraction of sp³-hybridized carbons (Fsp3) is 0.0682. The van der Waals surface area contributed by atoms with Crippen molar-refractivity contribution >= 4 is 5.71 Å². The van der Waals surface area contributed by atoms with Crippen molar-refractivity contribution < 1.29 is 0 Å². The Morgan fingerprint density at radius 3 is 1.53 bits per heavy atom. The van der Waals surface area contributed by atoms with Gasteiger partial charge in [-0.3, -0.25) is 9.98 Å². The van der Waals surface area contributed by atoms with Gasteiger partial charge in [-0.2, -0.15) is 0 Å². The molecule has 0 amide bonds. The van der Waals surface area contributed by atoms with E-state index in [9.17, 15) is 0 Å². The Morgan fingerprint density at radius 1 is 0.510 bits per heavy atom. The lowest BCUT2D eigenvalue weighted by Gasteiger charge is -2.13. The summed E-state index contributed by atoms with van der Waals surface area (Å²) in [6, 6.07) is 49.8. The van der Waals surface area contributed by atoms with Gasteiger partial charge in [-0.05, 0) is 77.2 Å². The predicted octanol–water partition coefficient (Wildman–Crippen LogP) is 10.7. The molecule has 0 spiro atoms. The number of allylic oxidation sites excluding steroid dienone is 2. The third kappa shape index (κ3) is 7.16. The minimum Gasteiger partial charge on any atom is -0.288 e. The van der Waals surface area contributed by atoms with Gasteiger partial charge < -0.3 is 0 Å². The third-order valence-electron chi connectivity index (χ3n) is 8.29. The summed E-state index contributed by atoms with van der Waals surface area (Å²) in [7, 11) is 1.82. The molecule has 2 heterocycles. The number of pyridine rings is 1. The van der Waals surface area contributed by atoms with E-state index in [1.165, 1.54) is 0 Å². The SMILES string of the molecule is CC/C=C\C(=NC)c1cc(-c2ccccn2)cc(-c2nc(-c3cccc(-c4ccccc4)c3)nc(-c3cccc(-c4ccccc4)c3)n2)c1. The Bertz CT molecular complexity index is 2160. The van der Waals surface area contributed by atoms with Crippen molar-refractivity contribution in [1.82, 2.24) is 19.9 Å². The van der Waals surface area contributed by atoms with Crippen LogP contribution in [0.25, 0.3) is 67.7 Å².